The highest BCUT2D eigenvalue weighted by Crippen LogP contribution is 2.26. The number of benzene rings is 1. The van der Waals surface area contributed by atoms with Crippen molar-refractivity contribution in [3.63, 3.8) is 0 Å². The molecule has 0 aliphatic heterocycles. The summed E-state index contributed by atoms with van der Waals surface area (Å²) in [6.07, 6.45) is 0.603. The van der Waals surface area contributed by atoms with Gasteiger partial charge < -0.3 is 10.5 Å². The summed E-state index contributed by atoms with van der Waals surface area (Å²) in [5.74, 6) is 0.607. The highest BCUT2D eigenvalue weighted by Gasteiger charge is 2.16. The Morgan fingerprint density at radius 3 is 2.63 bits per heavy atom. The Morgan fingerprint density at radius 1 is 1.37 bits per heavy atom. The second kappa shape index (κ2) is 7.12. The Bertz CT molecular complexity index is 515. The lowest BCUT2D eigenvalue weighted by Crippen LogP contribution is -2.22. The van der Waals surface area contributed by atoms with E-state index < -0.39 is 9.84 Å². The molecule has 0 fully saturated rings. The molecule has 0 radical (unpaired) electrons. The van der Waals surface area contributed by atoms with Crippen LogP contribution in [0.25, 0.3) is 0 Å². The molecule has 1 rings (SSSR count). The van der Waals surface area contributed by atoms with Gasteiger partial charge >= 0.3 is 0 Å². The first-order valence-electron chi connectivity index (χ1n) is 6.20. The van der Waals surface area contributed by atoms with Crippen molar-refractivity contribution in [1.82, 2.24) is 0 Å². The number of hydrogen-bond donors (Lipinski definition) is 1. The molecule has 108 valence electrons. The van der Waals surface area contributed by atoms with Crippen LogP contribution in [0.2, 0.25) is 5.02 Å². The third-order valence-corrected chi connectivity index (χ3v) is 5.34. The number of hydrogen-bond acceptors (Lipinski definition) is 4. The smallest absolute Gasteiger partial charge is 0.155 e. The van der Waals surface area contributed by atoms with E-state index in [2.05, 4.69) is 0 Å². The lowest BCUT2D eigenvalue weighted by molar-refractivity contribution is 0.337. The lowest BCUT2D eigenvalue weighted by atomic mass is 10.1. The quantitative estimate of drug-likeness (QED) is 0.837. The molecule has 0 aromatic heterocycles. The van der Waals surface area contributed by atoms with Crippen molar-refractivity contribution < 1.29 is 13.2 Å². The first kappa shape index (κ1) is 16.3. The molecule has 2 N–H and O–H groups in total. The molecule has 1 aromatic rings. The van der Waals surface area contributed by atoms with Gasteiger partial charge in [-0.25, -0.2) is 8.42 Å². The third kappa shape index (κ3) is 4.67. The molecule has 0 saturated heterocycles. The largest absolute Gasteiger partial charge is 0.492 e. The predicted octanol–water partition coefficient (Wildman–Crippen LogP) is 2.04. The third-order valence-electron chi connectivity index (χ3n) is 2.81. The first-order valence-corrected chi connectivity index (χ1v) is 8.29. The molecule has 0 amide bonds. The van der Waals surface area contributed by atoms with Gasteiger partial charge in [-0.05, 0) is 38.9 Å². The van der Waals surface area contributed by atoms with Gasteiger partial charge in [-0.3, -0.25) is 0 Å². The number of sulfone groups is 1. The minimum absolute atomic E-state index is 0.000749. The van der Waals surface area contributed by atoms with Gasteiger partial charge in [0.05, 0.1) is 11.0 Å². The SMILES string of the molecule is CC(C)S(=O)(=O)CCOc1cccc(Cl)c1CCN. The van der Waals surface area contributed by atoms with Gasteiger partial charge in [0.25, 0.3) is 0 Å². The van der Waals surface area contributed by atoms with Crippen LogP contribution in [-0.4, -0.2) is 32.6 Å². The fraction of sp³-hybridized carbons (Fsp3) is 0.538. The van der Waals surface area contributed by atoms with Gasteiger partial charge in [0.15, 0.2) is 9.84 Å². The van der Waals surface area contributed by atoms with Crippen LogP contribution >= 0.6 is 11.6 Å². The van der Waals surface area contributed by atoms with Gasteiger partial charge in [-0.2, -0.15) is 0 Å². The van der Waals surface area contributed by atoms with Gasteiger partial charge in [-0.1, -0.05) is 17.7 Å². The van der Waals surface area contributed by atoms with Crippen LogP contribution in [0.5, 0.6) is 5.75 Å². The summed E-state index contributed by atoms with van der Waals surface area (Å²) in [6.45, 7) is 3.91. The van der Waals surface area contributed by atoms with Crippen molar-refractivity contribution >= 4 is 21.4 Å². The van der Waals surface area contributed by atoms with E-state index in [4.69, 9.17) is 22.1 Å². The summed E-state index contributed by atoms with van der Waals surface area (Å²) in [6, 6.07) is 5.32. The molecule has 6 heteroatoms. The van der Waals surface area contributed by atoms with Crippen LogP contribution in [0, 0.1) is 0 Å². The molecule has 0 bridgehead atoms. The highest BCUT2D eigenvalue weighted by molar-refractivity contribution is 7.91. The summed E-state index contributed by atoms with van der Waals surface area (Å²) in [5, 5.41) is 0.202. The van der Waals surface area contributed by atoms with Gasteiger partial charge in [0, 0.05) is 10.6 Å². The second-order valence-corrected chi connectivity index (χ2v) is 7.60. The Hall–Kier alpha value is -0.780. The van der Waals surface area contributed by atoms with E-state index in [1.54, 1.807) is 32.0 Å². The topological polar surface area (TPSA) is 69.4 Å². The van der Waals surface area contributed by atoms with Gasteiger partial charge in [-0.15, -0.1) is 0 Å². The minimum Gasteiger partial charge on any atom is -0.492 e. The highest BCUT2D eigenvalue weighted by atomic mass is 35.5. The van der Waals surface area contributed by atoms with Crippen molar-refractivity contribution in [2.75, 3.05) is 18.9 Å². The molecule has 4 nitrogen and oxygen atoms in total. The van der Waals surface area contributed by atoms with Crippen molar-refractivity contribution in [2.24, 2.45) is 5.73 Å². The Morgan fingerprint density at radius 2 is 2.05 bits per heavy atom. The maximum Gasteiger partial charge on any atom is 0.155 e. The Labute approximate surface area is 119 Å². The first-order chi connectivity index (χ1) is 8.88. The Balaban J connectivity index is 2.71. The maximum absolute atomic E-state index is 11.7. The average Bonchev–Trinajstić information content (AvgIpc) is 2.33. The van der Waals surface area contributed by atoms with Crippen LogP contribution in [0.3, 0.4) is 0 Å². The van der Waals surface area contributed by atoms with Gasteiger partial charge in [0.1, 0.15) is 12.4 Å². The van der Waals surface area contributed by atoms with E-state index in [-0.39, 0.29) is 17.6 Å². The van der Waals surface area contributed by atoms with Crippen LogP contribution in [0.15, 0.2) is 18.2 Å². The van der Waals surface area contributed by atoms with Crippen LogP contribution in [0.1, 0.15) is 19.4 Å². The van der Waals surface area contributed by atoms with Crippen LogP contribution < -0.4 is 10.5 Å². The van der Waals surface area contributed by atoms with Crippen LogP contribution in [0.4, 0.5) is 0 Å². The number of halogens is 1. The molecule has 0 aliphatic carbocycles. The molecule has 0 saturated carbocycles. The lowest BCUT2D eigenvalue weighted by Gasteiger charge is -2.13. The predicted molar refractivity (Wildman–Crippen MR) is 78.6 cm³/mol. The van der Waals surface area contributed by atoms with E-state index in [0.29, 0.717) is 23.7 Å². The van der Waals surface area contributed by atoms with E-state index in [9.17, 15) is 8.42 Å². The fourth-order valence-electron chi connectivity index (χ4n) is 1.56. The van der Waals surface area contributed by atoms with Crippen molar-refractivity contribution in [2.45, 2.75) is 25.5 Å². The molecule has 0 atom stereocenters. The van der Waals surface area contributed by atoms with E-state index >= 15 is 0 Å². The molecule has 0 aliphatic rings. The minimum atomic E-state index is -3.09. The summed E-state index contributed by atoms with van der Waals surface area (Å²) in [5.41, 5.74) is 6.35. The molecular formula is C13H20ClNO3S. The molecule has 0 heterocycles. The molecule has 0 spiro atoms. The number of nitrogens with two attached hydrogens (primary N) is 1. The van der Waals surface area contributed by atoms with Crippen molar-refractivity contribution in [1.29, 1.82) is 0 Å². The van der Waals surface area contributed by atoms with E-state index in [0.717, 1.165) is 5.56 Å². The van der Waals surface area contributed by atoms with Crippen molar-refractivity contribution in [3.05, 3.63) is 28.8 Å². The second-order valence-electron chi connectivity index (χ2n) is 4.52. The summed E-state index contributed by atoms with van der Waals surface area (Å²) < 4.78 is 28.9. The van der Waals surface area contributed by atoms with Crippen molar-refractivity contribution in [3.8, 4) is 5.75 Å². The molecule has 19 heavy (non-hydrogen) atoms. The number of ether oxygens (including phenoxy) is 1. The number of rotatable bonds is 7. The Kier molecular flexibility index (Phi) is 6.10. The van der Waals surface area contributed by atoms with Gasteiger partial charge in [0.2, 0.25) is 0 Å². The maximum atomic E-state index is 11.7. The normalized spacial score (nSPS) is 11.8. The molecular weight excluding hydrogens is 286 g/mol. The van der Waals surface area contributed by atoms with E-state index in [1.807, 2.05) is 0 Å². The average molecular weight is 306 g/mol. The van der Waals surface area contributed by atoms with Crippen LogP contribution in [-0.2, 0) is 16.3 Å². The summed E-state index contributed by atoms with van der Waals surface area (Å²) >= 11 is 6.07. The standard InChI is InChI=1S/C13H20ClNO3S/c1-10(2)19(16,17)9-8-18-13-5-3-4-12(14)11(13)6-7-15/h3-5,10H,6-9,15H2,1-2H3. The monoisotopic (exact) mass is 305 g/mol. The zero-order valence-electron chi connectivity index (χ0n) is 11.2. The zero-order chi connectivity index (χ0) is 14.5. The molecule has 0 unspecified atom stereocenters. The summed E-state index contributed by atoms with van der Waals surface area (Å²) in [4.78, 5) is 0. The summed E-state index contributed by atoms with van der Waals surface area (Å²) in [7, 11) is -3.09. The fourth-order valence-corrected chi connectivity index (χ4v) is 2.61. The van der Waals surface area contributed by atoms with E-state index in [1.165, 1.54) is 0 Å². The molecule has 1 aromatic carbocycles. The zero-order valence-corrected chi connectivity index (χ0v) is 12.8.